The maximum atomic E-state index is 12.9. The van der Waals surface area contributed by atoms with E-state index < -0.39 is 0 Å². The molecule has 3 aromatic rings. The zero-order valence-electron chi connectivity index (χ0n) is 16.7. The van der Waals surface area contributed by atoms with Crippen LogP contribution in [-0.2, 0) is 0 Å². The van der Waals surface area contributed by atoms with E-state index in [0.29, 0.717) is 22.2 Å². The van der Waals surface area contributed by atoms with Gasteiger partial charge in [-0.15, -0.1) is 0 Å². The van der Waals surface area contributed by atoms with E-state index in [-0.39, 0.29) is 18.5 Å². The molecule has 1 fully saturated rings. The highest BCUT2D eigenvalue weighted by molar-refractivity contribution is 6.34. The minimum absolute atomic E-state index is 0.0331. The van der Waals surface area contributed by atoms with E-state index in [1.807, 2.05) is 24.3 Å². The number of para-hydroxylation sites is 1. The van der Waals surface area contributed by atoms with Gasteiger partial charge in [-0.3, -0.25) is 9.69 Å². The Hall–Kier alpha value is -3.36. The van der Waals surface area contributed by atoms with E-state index in [1.165, 1.54) is 16.8 Å². The summed E-state index contributed by atoms with van der Waals surface area (Å²) < 4.78 is 5.74. The molecule has 2 aromatic carbocycles. The Morgan fingerprint density at radius 1 is 1.06 bits per heavy atom. The van der Waals surface area contributed by atoms with E-state index in [2.05, 4.69) is 37.6 Å². The zero-order valence-corrected chi connectivity index (χ0v) is 17.5. The van der Waals surface area contributed by atoms with E-state index in [1.54, 1.807) is 12.1 Å². The number of ether oxygens (including phenoxy) is 1. The highest BCUT2D eigenvalue weighted by atomic mass is 35.5. The highest BCUT2D eigenvalue weighted by Crippen LogP contribution is 2.31. The lowest BCUT2D eigenvalue weighted by Crippen LogP contribution is -2.43. The highest BCUT2D eigenvalue weighted by Gasteiger charge is 2.30. The zero-order chi connectivity index (χ0) is 21.2. The van der Waals surface area contributed by atoms with Gasteiger partial charge in [0.05, 0.1) is 10.7 Å². The Labute approximate surface area is 184 Å². The van der Waals surface area contributed by atoms with Crippen molar-refractivity contribution in [2.75, 3.05) is 48.0 Å². The standard InChI is InChI=1S/C22H21ClN6O2/c23-18-3-1-2-4-19(18)29-14-31-20-17(21(29)30)13-25-22(27-20)26-15-5-7-16(8-6-15)28-11-9-24-10-12-28/h1-8,13,24H,9-12,14H2,(H,25,26,27). The summed E-state index contributed by atoms with van der Waals surface area (Å²) in [5.41, 5.74) is 2.93. The third-order valence-electron chi connectivity index (χ3n) is 5.31. The second kappa shape index (κ2) is 8.41. The van der Waals surface area contributed by atoms with Gasteiger partial charge in [0.15, 0.2) is 6.73 Å². The van der Waals surface area contributed by atoms with Gasteiger partial charge in [0.2, 0.25) is 11.8 Å². The van der Waals surface area contributed by atoms with E-state index in [0.717, 1.165) is 31.9 Å². The predicted molar refractivity (Wildman–Crippen MR) is 121 cm³/mol. The molecule has 0 radical (unpaired) electrons. The number of nitrogens with zero attached hydrogens (tertiary/aromatic N) is 4. The summed E-state index contributed by atoms with van der Waals surface area (Å²) >= 11 is 6.23. The van der Waals surface area contributed by atoms with Crippen molar-refractivity contribution in [3.05, 3.63) is 65.3 Å². The Bertz CT molecular complexity index is 1100. The van der Waals surface area contributed by atoms with Gasteiger partial charge in [-0.2, -0.15) is 4.98 Å². The van der Waals surface area contributed by atoms with Crippen molar-refractivity contribution in [3.8, 4) is 5.88 Å². The molecule has 158 valence electrons. The minimum atomic E-state index is -0.249. The van der Waals surface area contributed by atoms with Gasteiger partial charge >= 0.3 is 0 Å². The van der Waals surface area contributed by atoms with Crippen molar-refractivity contribution in [2.24, 2.45) is 0 Å². The van der Waals surface area contributed by atoms with Crippen molar-refractivity contribution in [1.29, 1.82) is 0 Å². The van der Waals surface area contributed by atoms with Crippen molar-refractivity contribution < 1.29 is 9.53 Å². The fourth-order valence-corrected chi connectivity index (χ4v) is 3.91. The number of hydrogen-bond acceptors (Lipinski definition) is 7. The molecule has 2 aliphatic rings. The molecule has 1 saturated heterocycles. The Morgan fingerprint density at radius 2 is 1.84 bits per heavy atom. The molecule has 2 N–H and O–H groups in total. The molecule has 1 amide bonds. The van der Waals surface area contributed by atoms with Crippen LogP contribution >= 0.6 is 11.6 Å². The first-order valence-electron chi connectivity index (χ1n) is 10.1. The van der Waals surface area contributed by atoms with Gasteiger partial charge < -0.3 is 20.3 Å². The molecule has 0 spiro atoms. The average molecular weight is 437 g/mol. The van der Waals surface area contributed by atoms with Crippen LogP contribution in [0.4, 0.5) is 23.0 Å². The Kier molecular flexibility index (Phi) is 5.31. The number of carbonyl (C=O) groups is 1. The van der Waals surface area contributed by atoms with Crippen LogP contribution in [0, 0.1) is 0 Å². The van der Waals surface area contributed by atoms with Crippen LogP contribution < -0.4 is 25.2 Å². The quantitative estimate of drug-likeness (QED) is 0.649. The molecule has 2 aliphatic heterocycles. The van der Waals surface area contributed by atoms with E-state index in [9.17, 15) is 4.79 Å². The van der Waals surface area contributed by atoms with Gasteiger partial charge in [-0.05, 0) is 36.4 Å². The lowest BCUT2D eigenvalue weighted by molar-refractivity contribution is 0.0932. The number of rotatable bonds is 4. The number of anilines is 4. The second-order valence-corrected chi connectivity index (χ2v) is 7.69. The fraction of sp³-hybridized carbons (Fsp3) is 0.227. The fourth-order valence-electron chi connectivity index (χ4n) is 3.67. The second-order valence-electron chi connectivity index (χ2n) is 7.28. The first kappa shape index (κ1) is 19.6. The van der Waals surface area contributed by atoms with E-state index >= 15 is 0 Å². The third kappa shape index (κ3) is 3.99. The topological polar surface area (TPSA) is 82.6 Å². The van der Waals surface area contributed by atoms with Crippen LogP contribution in [0.1, 0.15) is 10.4 Å². The number of piperazine rings is 1. The lowest BCUT2D eigenvalue weighted by atomic mass is 10.2. The number of aromatic nitrogens is 2. The number of carbonyl (C=O) groups excluding carboxylic acids is 1. The van der Waals surface area contributed by atoms with Crippen LogP contribution in [0.5, 0.6) is 5.88 Å². The molecule has 0 saturated carbocycles. The number of amides is 1. The monoisotopic (exact) mass is 436 g/mol. The maximum absolute atomic E-state index is 12.9. The smallest absolute Gasteiger partial charge is 0.268 e. The summed E-state index contributed by atoms with van der Waals surface area (Å²) in [5, 5.41) is 7.01. The van der Waals surface area contributed by atoms with E-state index in [4.69, 9.17) is 16.3 Å². The van der Waals surface area contributed by atoms with Crippen LogP contribution in [0.25, 0.3) is 0 Å². The van der Waals surface area contributed by atoms with Crippen LogP contribution in [0.3, 0.4) is 0 Å². The molecule has 1 aromatic heterocycles. The summed E-state index contributed by atoms with van der Waals surface area (Å²) in [7, 11) is 0. The number of fused-ring (bicyclic) bond motifs is 1. The lowest BCUT2D eigenvalue weighted by Gasteiger charge is -2.29. The molecule has 0 unspecified atom stereocenters. The van der Waals surface area contributed by atoms with Crippen molar-refractivity contribution in [1.82, 2.24) is 15.3 Å². The van der Waals surface area contributed by atoms with Gasteiger partial charge in [-0.25, -0.2) is 4.98 Å². The first-order chi connectivity index (χ1) is 15.2. The summed E-state index contributed by atoms with van der Waals surface area (Å²) in [5.74, 6) is 0.372. The summed E-state index contributed by atoms with van der Waals surface area (Å²) in [6, 6.07) is 15.3. The van der Waals surface area contributed by atoms with Crippen LogP contribution in [-0.4, -0.2) is 48.8 Å². The van der Waals surface area contributed by atoms with Gasteiger partial charge in [0.1, 0.15) is 5.56 Å². The molecule has 0 atom stereocenters. The maximum Gasteiger partial charge on any atom is 0.268 e. The summed E-state index contributed by atoms with van der Waals surface area (Å²) in [4.78, 5) is 25.4. The minimum Gasteiger partial charge on any atom is -0.455 e. The predicted octanol–water partition coefficient (Wildman–Crippen LogP) is 3.28. The molecule has 9 heteroatoms. The first-order valence-corrected chi connectivity index (χ1v) is 10.5. The molecule has 3 heterocycles. The largest absolute Gasteiger partial charge is 0.455 e. The van der Waals surface area contributed by atoms with Gasteiger partial charge in [-0.1, -0.05) is 23.7 Å². The van der Waals surface area contributed by atoms with Gasteiger partial charge in [0.25, 0.3) is 5.91 Å². The van der Waals surface area contributed by atoms with Crippen molar-refractivity contribution in [2.45, 2.75) is 0 Å². The van der Waals surface area contributed by atoms with Crippen LogP contribution in [0.15, 0.2) is 54.7 Å². The molecular weight excluding hydrogens is 416 g/mol. The molecule has 0 bridgehead atoms. The molecule has 8 nitrogen and oxygen atoms in total. The number of hydrogen-bond donors (Lipinski definition) is 2. The number of benzene rings is 2. The Morgan fingerprint density at radius 3 is 2.61 bits per heavy atom. The SMILES string of the molecule is O=C1c2cnc(Nc3ccc(N4CCNCC4)cc3)nc2OCN1c1ccccc1Cl. The van der Waals surface area contributed by atoms with Gasteiger partial charge in [0, 0.05) is 43.8 Å². The number of nitrogens with one attached hydrogen (secondary N) is 2. The average Bonchev–Trinajstić information content (AvgIpc) is 2.81. The molecule has 5 rings (SSSR count). The number of halogens is 1. The normalized spacial score (nSPS) is 16.0. The summed E-state index contributed by atoms with van der Waals surface area (Å²) in [6.07, 6.45) is 1.48. The Balaban J connectivity index is 1.31. The van der Waals surface area contributed by atoms with Crippen LogP contribution in [0.2, 0.25) is 5.02 Å². The molecular formula is C22H21ClN6O2. The molecule has 31 heavy (non-hydrogen) atoms. The molecule has 0 aliphatic carbocycles. The summed E-state index contributed by atoms with van der Waals surface area (Å²) in [6.45, 7) is 4.02. The van der Waals surface area contributed by atoms with Crippen molar-refractivity contribution >= 4 is 40.5 Å². The third-order valence-corrected chi connectivity index (χ3v) is 5.63. The van der Waals surface area contributed by atoms with Crippen molar-refractivity contribution in [3.63, 3.8) is 0 Å².